The third kappa shape index (κ3) is 6.81. The van der Waals surface area contributed by atoms with Gasteiger partial charge in [0.1, 0.15) is 21.8 Å². The zero-order valence-corrected chi connectivity index (χ0v) is 23.0. The van der Waals surface area contributed by atoms with Crippen LogP contribution in [0, 0.1) is 0 Å². The molecular formula is C26H27FN6O7S. The van der Waals surface area contributed by atoms with Crippen LogP contribution in [0.3, 0.4) is 0 Å². The van der Waals surface area contributed by atoms with E-state index in [4.69, 9.17) is 19.7 Å². The van der Waals surface area contributed by atoms with Gasteiger partial charge >= 0.3 is 0 Å². The van der Waals surface area contributed by atoms with Crippen molar-refractivity contribution in [1.29, 1.82) is 0 Å². The number of ether oxygens (including phenoxy) is 2. The molecule has 13 nitrogen and oxygen atoms in total. The van der Waals surface area contributed by atoms with Crippen LogP contribution in [0.15, 0.2) is 64.5 Å². The first-order valence-corrected chi connectivity index (χ1v) is 13.7. The molecule has 0 unspecified atom stereocenters. The smallest absolute Gasteiger partial charge is 0.279 e. The Labute approximate surface area is 234 Å². The SMILES string of the molecule is C=C(F)C(=O)NCc1cnn(Cc2cc(OC)c3c(NS(=O)(=O)c4cc(CC)ccc4OCC(N)=O)noc3c2)c1. The molecule has 2 amide bonds. The van der Waals surface area contributed by atoms with Crippen LogP contribution in [-0.2, 0) is 39.1 Å². The van der Waals surface area contributed by atoms with Gasteiger partial charge in [0.25, 0.3) is 21.8 Å². The van der Waals surface area contributed by atoms with E-state index in [1.165, 1.54) is 25.4 Å². The van der Waals surface area contributed by atoms with E-state index in [0.717, 1.165) is 5.56 Å². The number of methoxy groups -OCH3 is 1. The van der Waals surface area contributed by atoms with Gasteiger partial charge in [-0.25, -0.2) is 12.8 Å². The summed E-state index contributed by atoms with van der Waals surface area (Å²) in [6, 6.07) is 7.90. The van der Waals surface area contributed by atoms with Gasteiger partial charge in [-0.2, -0.15) is 5.10 Å². The minimum absolute atomic E-state index is 0.0525. The number of sulfonamides is 1. The zero-order chi connectivity index (χ0) is 29.7. The van der Waals surface area contributed by atoms with Crippen LogP contribution >= 0.6 is 0 Å². The molecule has 0 aliphatic carbocycles. The second kappa shape index (κ2) is 12.1. The van der Waals surface area contributed by atoms with Crippen LogP contribution in [0.4, 0.5) is 10.2 Å². The molecule has 4 rings (SSSR count). The van der Waals surface area contributed by atoms with Crippen molar-refractivity contribution in [3.8, 4) is 11.5 Å². The first kappa shape index (κ1) is 29.1. The molecular weight excluding hydrogens is 559 g/mol. The maximum Gasteiger partial charge on any atom is 0.279 e. The van der Waals surface area contributed by atoms with Crippen LogP contribution < -0.4 is 25.2 Å². The van der Waals surface area contributed by atoms with Crippen LogP contribution in [0.2, 0.25) is 0 Å². The van der Waals surface area contributed by atoms with E-state index in [2.05, 4.69) is 26.9 Å². The highest BCUT2D eigenvalue weighted by Crippen LogP contribution is 2.36. The Morgan fingerprint density at radius 2 is 1.95 bits per heavy atom. The van der Waals surface area contributed by atoms with Gasteiger partial charge in [-0.15, -0.1) is 0 Å². The summed E-state index contributed by atoms with van der Waals surface area (Å²) in [5, 5.41) is 10.8. The molecule has 41 heavy (non-hydrogen) atoms. The normalized spacial score (nSPS) is 11.3. The molecule has 4 aromatic rings. The van der Waals surface area contributed by atoms with Crippen molar-refractivity contribution in [2.75, 3.05) is 18.4 Å². The van der Waals surface area contributed by atoms with Gasteiger partial charge in [0.05, 0.1) is 19.9 Å². The fourth-order valence-electron chi connectivity index (χ4n) is 3.89. The van der Waals surface area contributed by atoms with Crippen LogP contribution in [0.25, 0.3) is 11.0 Å². The van der Waals surface area contributed by atoms with Crippen molar-refractivity contribution in [3.63, 3.8) is 0 Å². The molecule has 2 heterocycles. The molecule has 2 aromatic heterocycles. The number of hydrogen-bond donors (Lipinski definition) is 3. The number of fused-ring (bicyclic) bond motifs is 1. The minimum Gasteiger partial charge on any atom is -0.496 e. The molecule has 0 aliphatic rings. The largest absolute Gasteiger partial charge is 0.496 e. The highest BCUT2D eigenvalue weighted by atomic mass is 32.2. The average Bonchev–Trinajstić information content (AvgIpc) is 3.56. The molecule has 216 valence electrons. The molecule has 0 saturated carbocycles. The number of nitrogens with two attached hydrogens (primary N) is 1. The standard InChI is InChI=1S/C26H27FN6O7S/c1-4-16-5-6-19(39-14-23(28)34)22(9-16)41(36,37)32-25-24-20(38-3)7-17(8-21(24)40-31-25)12-33-13-18(11-30-33)10-29-26(35)15(2)27/h5-9,11,13H,2,4,10,12,14H2,1,3H3,(H2,28,34)(H,29,35)(H,31,32). The summed E-state index contributed by atoms with van der Waals surface area (Å²) in [6.07, 6.45) is 3.75. The third-order valence-electron chi connectivity index (χ3n) is 5.86. The van der Waals surface area contributed by atoms with Gasteiger partial charge < -0.3 is 25.0 Å². The molecule has 0 bridgehead atoms. The fourth-order valence-corrected chi connectivity index (χ4v) is 5.10. The van der Waals surface area contributed by atoms with Crippen molar-refractivity contribution >= 4 is 38.6 Å². The summed E-state index contributed by atoms with van der Waals surface area (Å²) in [7, 11) is -2.85. The predicted octanol–water partition coefficient (Wildman–Crippen LogP) is 2.41. The maximum atomic E-state index is 13.4. The summed E-state index contributed by atoms with van der Waals surface area (Å²) in [5.41, 5.74) is 7.44. The van der Waals surface area contributed by atoms with Crippen molar-refractivity contribution in [2.45, 2.75) is 31.3 Å². The van der Waals surface area contributed by atoms with Crippen LogP contribution in [0.5, 0.6) is 11.5 Å². The van der Waals surface area contributed by atoms with Crippen molar-refractivity contribution < 1.29 is 36.4 Å². The van der Waals surface area contributed by atoms with E-state index < -0.39 is 34.3 Å². The number of halogens is 1. The monoisotopic (exact) mass is 586 g/mol. The van der Waals surface area contributed by atoms with E-state index in [1.54, 1.807) is 29.1 Å². The molecule has 2 aromatic carbocycles. The Bertz CT molecular complexity index is 1730. The number of nitrogens with zero attached hydrogens (tertiary/aromatic N) is 3. The van der Waals surface area contributed by atoms with Gasteiger partial charge in [0.15, 0.2) is 23.8 Å². The summed E-state index contributed by atoms with van der Waals surface area (Å²) >= 11 is 0. The zero-order valence-electron chi connectivity index (χ0n) is 22.1. The topological polar surface area (TPSA) is 181 Å². The Balaban J connectivity index is 1.59. The van der Waals surface area contributed by atoms with E-state index in [0.29, 0.717) is 17.5 Å². The van der Waals surface area contributed by atoms with Crippen LogP contribution in [-0.4, -0.2) is 48.9 Å². The summed E-state index contributed by atoms with van der Waals surface area (Å²) in [6.45, 7) is 4.63. The average molecular weight is 587 g/mol. The molecule has 0 aliphatic heterocycles. The number of aryl methyl sites for hydroxylation is 1. The third-order valence-corrected chi connectivity index (χ3v) is 7.22. The number of rotatable bonds is 13. The number of primary amides is 1. The quantitative estimate of drug-likeness (QED) is 0.198. The summed E-state index contributed by atoms with van der Waals surface area (Å²) < 4.78 is 60.0. The van der Waals surface area contributed by atoms with Crippen molar-refractivity contribution in [2.24, 2.45) is 5.73 Å². The Morgan fingerprint density at radius 3 is 2.63 bits per heavy atom. The van der Waals surface area contributed by atoms with Gasteiger partial charge in [0.2, 0.25) is 0 Å². The number of hydrogen-bond acceptors (Lipinski definition) is 9. The number of benzene rings is 2. The van der Waals surface area contributed by atoms with E-state index in [-0.39, 0.29) is 46.3 Å². The number of anilines is 1. The molecule has 0 radical (unpaired) electrons. The van der Waals surface area contributed by atoms with E-state index in [1.807, 2.05) is 6.92 Å². The van der Waals surface area contributed by atoms with Gasteiger partial charge in [-0.1, -0.05) is 24.7 Å². The number of carbonyl (C=O) groups excluding carboxylic acids is 2. The lowest BCUT2D eigenvalue weighted by Crippen LogP contribution is -2.22. The first-order valence-electron chi connectivity index (χ1n) is 12.2. The second-order valence-electron chi connectivity index (χ2n) is 8.83. The second-order valence-corrected chi connectivity index (χ2v) is 10.5. The maximum absolute atomic E-state index is 13.4. The Kier molecular flexibility index (Phi) is 8.56. The molecule has 0 spiro atoms. The number of amides is 2. The fraction of sp³-hybridized carbons (Fsp3) is 0.231. The van der Waals surface area contributed by atoms with Crippen molar-refractivity contribution in [3.05, 3.63) is 71.8 Å². The van der Waals surface area contributed by atoms with Gasteiger partial charge in [-0.05, 0) is 41.8 Å². The Morgan fingerprint density at radius 1 is 1.17 bits per heavy atom. The highest BCUT2D eigenvalue weighted by molar-refractivity contribution is 7.92. The molecule has 0 fully saturated rings. The van der Waals surface area contributed by atoms with Crippen molar-refractivity contribution in [1.82, 2.24) is 20.3 Å². The first-order chi connectivity index (χ1) is 19.5. The number of aromatic nitrogens is 3. The molecule has 0 saturated heterocycles. The van der Waals surface area contributed by atoms with E-state index >= 15 is 0 Å². The summed E-state index contributed by atoms with van der Waals surface area (Å²) in [4.78, 5) is 22.4. The Hall–Kier alpha value is -4.92. The highest BCUT2D eigenvalue weighted by Gasteiger charge is 2.25. The molecule has 0 atom stereocenters. The molecule has 15 heteroatoms. The number of carbonyl (C=O) groups is 2. The number of nitrogens with one attached hydrogen (secondary N) is 2. The lowest BCUT2D eigenvalue weighted by molar-refractivity contribution is -0.120. The van der Waals surface area contributed by atoms with Crippen LogP contribution in [0.1, 0.15) is 23.6 Å². The van der Waals surface area contributed by atoms with Gasteiger partial charge in [0, 0.05) is 18.3 Å². The lowest BCUT2D eigenvalue weighted by Gasteiger charge is -2.13. The minimum atomic E-state index is -4.26. The van der Waals surface area contributed by atoms with E-state index in [9.17, 15) is 22.4 Å². The molecule has 4 N–H and O–H groups in total. The predicted molar refractivity (Wildman–Crippen MR) is 145 cm³/mol. The van der Waals surface area contributed by atoms with Gasteiger partial charge in [-0.3, -0.25) is 19.0 Å². The summed E-state index contributed by atoms with van der Waals surface area (Å²) in [5.74, 6) is -2.63. The lowest BCUT2D eigenvalue weighted by atomic mass is 10.1.